The molecule has 9 heteroatoms. The first-order valence-corrected chi connectivity index (χ1v) is 9.59. The average molecular weight is 400 g/mol. The molecule has 144 valence electrons. The summed E-state index contributed by atoms with van der Waals surface area (Å²) in [7, 11) is 0. The molecular weight excluding hydrogens is 374 g/mol. The van der Waals surface area contributed by atoms with Crippen LogP contribution in [0, 0.1) is 5.92 Å². The molecule has 0 aromatic carbocycles. The summed E-state index contributed by atoms with van der Waals surface area (Å²) in [4.78, 5) is 22.0. The van der Waals surface area contributed by atoms with E-state index in [1.165, 1.54) is 0 Å². The summed E-state index contributed by atoms with van der Waals surface area (Å²) in [5.74, 6) is 1.52. The van der Waals surface area contributed by atoms with Crippen molar-refractivity contribution in [2.75, 3.05) is 26.2 Å². The van der Waals surface area contributed by atoms with E-state index in [9.17, 15) is 4.79 Å². The van der Waals surface area contributed by atoms with Crippen molar-refractivity contribution in [2.24, 2.45) is 11.7 Å². The number of carbonyl (C=O) groups excluding carboxylic acids is 1. The molecule has 1 fully saturated rings. The molecular formula is C17H26ClN5O2S. The minimum Gasteiger partial charge on any atom is -0.339 e. The van der Waals surface area contributed by atoms with E-state index >= 15 is 0 Å². The van der Waals surface area contributed by atoms with Crippen LogP contribution in [0.2, 0.25) is 0 Å². The van der Waals surface area contributed by atoms with Gasteiger partial charge in [-0.1, -0.05) is 31.5 Å². The largest absolute Gasteiger partial charge is 0.339 e. The molecule has 7 nitrogen and oxygen atoms in total. The molecule has 2 aromatic rings. The highest BCUT2D eigenvalue weighted by atomic mass is 35.5. The maximum Gasteiger partial charge on any atom is 0.241 e. The Balaban J connectivity index is 0.00000243. The van der Waals surface area contributed by atoms with Gasteiger partial charge in [0.25, 0.3) is 0 Å². The van der Waals surface area contributed by atoms with Crippen molar-refractivity contribution in [3.8, 4) is 10.7 Å². The third-order valence-electron chi connectivity index (χ3n) is 4.79. The number of nitrogens with zero attached hydrogens (tertiary/aromatic N) is 4. The Morgan fingerprint density at radius 1 is 1.38 bits per heavy atom. The standard InChI is InChI=1S/C17H25N5O2S.ClH/c1-3-12(2)15(18)17(23)22-8-6-21(7-9-22)11-14-19-16(20-24-14)13-5-4-10-25-13;/h4-5,10,12,15H,3,6-9,11,18H2,1-2H3;1H. The Bertz CT molecular complexity index is 685. The minimum atomic E-state index is -0.402. The average Bonchev–Trinajstić information content (AvgIpc) is 3.32. The fraction of sp³-hybridized carbons (Fsp3) is 0.588. The van der Waals surface area contributed by atoms with Crippen LogP contribution in [0.15, 0.2) is 22.0 Å². The number of hydrogen-bond acceptors (Lipinski definition) is 7. The van der Waals surface area contributed by atoms with Crippen LogP contribution in [0.5, 0.6) is 0 Å². The van der Waals surface area contributed by atoms with Crippen molar-refractivity contribution in [1.82, 2.24) is 19.9 Å². The zero-order valence-electron chi connectivity index (χ0n) is 15.1. The van der Waals surface area contributed by atoms with Crippen LogP contribution in [0.25, 0.3) is 10.7 Å². The molecule has 1 aliphatic heterocycles. The van der Waals surface area contributed by atoms with Gasteiger partial charge in [0.2, 0.25) is 17.6 Å². The number of rotatable bonds is 6. The van der Waals surface area contributed by atoms with Crippen LogP contribution in [0.1, 0.15) is 26.2 Å². The van der Waals surface area contributed by atoms with Crippen LogP contribution in [-0.4, -0.2) is 58.1 Å². The van der Waals surface area contributed by atoms with Crippen LogP contribution < -0.4 is 5.73 Å². The van der Waals surface area contributed by atoms with Gasteiger partial charge in [0, 0.05) is 26.2 Å². The van der Waals surface area contributed by atoms with Gasteiger partial charge < -0.3 is 15.2 Å². The fourth-order valence-electron chi connectivity index (χ4n) is 2.85. The second-order valence-electron chi connectivity index (χ2n) is 6.50. The minimum absolute atomic E-state index is 0. The number of aromatic nitrogens is 2. The molecule has 0 radical (unpaired) electrons. The molecule has 2 aromatic heterocycles. The Morgan fingerprint density at radius 3 is 2.73 bits per heavy atom. The highest BCUT2D eigenvalue weighted by Crippen LogP contribution is 2.21. The summed E-state index contributed by atoms with van der Waals surface area (Å²) in [6, 6.07) is 3.54. The zero-order valence-corrected chi connectivity index (χ0v) is 16.8. The Morgan fingerprint density at radius 2 is 2.12 bits per heavy atom. The molecule has 2 atom stereocenters. The lowest BCUT2D eigenvalue weighted by Gasteiger charge is -2.36. The van der Waals surface area contributed by atoms with E-state index in [-0.39, 0.29) is 24.2 Å². The van der Waals surface area contributed by atoms with Crippen molar-refractivity contribution in [3.05, 3.63) is 23.4 Å². The molecule has 0 spiro atoms. The Kier molecular flexibility index (Phi) is 7.57. The monoisotopic (exact) mass is 399 g/mol. The smallest absolute Gasteiger partial charge is 0.241 e. The quantitative estimate of drug-likeness (QED) is 0.801. The first-order valence-electron chi connectivity index (χ1n) is 8.71. The number of hydrogen-bond donors (Lipinski definition) is 1. The van der Waals surface area contributed by atoms with Crippen molar-refractivity contribution in [1.29, 1.82) is 0 Å². The van der Waals surface area contributed by atoms with E-state index in [1.54, 1.807) is 11.3 Å². The summed E-state index contributed by atoms with van der Waals surface area (Å²) >= 11 is 1.59. The lowest BCUT2D eigenvalue weighted by molar-refractivity contribution is -0.135. The lowest BCUT2D eigenvalue weighted by Crippen LogP contribution is -2.54. The van der Waals surface area contributed by atoms with Gasteiger partial charge in [0.15, 0.2) is 0 Å². The molecule has 2 N–H and O–H groups in total. The molecule has 1 saturated heterocycles. The third kappa shape index (κ3) is 4.82. The first kappa shape index (κ1) is 20.8. The lowest BCUT2D eigenvalue weighted by atomic mass is 9.98. The second kappa shape index (κ2) is 9.45. The maximum atomic E-state index is 12.4. The van der Waals surface area contributed by atoms with Crippen molar-refractivity contribution in [2.45, 2.75) is 32.9 Å². The van der Waals surface area contributed by atoms with Crippen molar-refractivity contribution >= 4 is 29.7 Å². The molecule has 1 amide bonds. The maximum absolute atomic E-state index is 12.4. The topological polar surface area (TPSA) is 88.5 Å². The fourth-order valence-corrected chi connectivity index (χ4v) is 3.50. The first-order chi connectivity index (χ1) is 12.1. The molecule has 1 aliphatic rings. The van der Waals surface area contributed by atoms with Crippen molar-refractivity contribution in [3.63, 3.8) is 0 Å². The predicted molar refractivity (Wildman–Crippen MR) is 104 cm³/mol. The summed E-state index contributed by atoms with van der Waals surface area (Å²) < 4.78 is 5.35. The molecule has 0 saturated carbocycles. The van der Waals surface area contributed by atoms with Gasteiger partial charge in [-0.25, -0.2) is 0 Å². The van der Waals surface area contributed by atoms with Gasteiger partial charge in [-0.3, -0.25) is 9.69 Å². The Labute approximate surface area is 163 Å². The van der Waals surface area contributed by atoms with Crippen LogP contribution in [-0.2, 0) is 11.3 Å². The summed E-state index contributed by atoms with van der Waals surface area (Å²) in [6.07, 6.45) is 0.913. The number of piperazine rings is 1. The van der Waals surface area contributed by atoms with E-state index in [1.807, 2.05) is 29.3 Å². The molecule has 2 unspecified atom stereocenters. The number of thiophene rings is 1. The van der Waals surface area contributed by atoms with Crippen LogP contribution in [0.3, 0.4) is 0 Å². The third-order valence-corrected chi connectivity index (χ3v) is 5.66. The normalized spacial score (nSPS) is 17.6. The molecule has 0 bridgehead atoms. The Hall–Kier alpha value is -1.48. The van der Waals surface area contributed by atoms with E-state index in [0.29, 0.717) is 31.3 Å². The van der Waals surface area contributed by atoms with Crippen molar-refractivity contribution < 1.29 is 9.32 Å². The number of carbonyl (C=O) groups is 1. The van der Waals surface area contributed by atoms with E-state index in [2.05, 4.69) is 22.0 Å². The SMILES string of the molecule is CCC(C)C(N)C(=O)N1CCN(Cc2nc(-c3cccs3)no2)CC1.Cl. The van der Waals surface area contributed by atoms with Crippen LogP contribution in [0.4, 0.5) is 0 Å². The molecule has 26 heavy (non-hydrogen) atoms. The zero-order chi connectivity index (χ0) is 17.8. The summed E-state index contributed by atoms with van der Waals surface area (Å²) in [5, 5.41) is 6.03. The highest BCUT2D eigenvalue weighted by molar-refractivity contribution is 7.13. The number of amides is 1. The number of halogens is 1. The predicted octanol–water partition coefficient (Wildman–Crippen LogP) is 2.24. The van der Waals surface area contributed by atoms with E-state index in [4.69, 9.17) is 10.3 Å². The summed E-state index contributed by atoms with van der Waals surface area (Å²) in [5.41, 5.74) is 6.07. The van der Waals surface area contributed by atoms with E-state index < -0.39 is 6.04 Å². The summed E-state index contributed by atoms with van der Waals surface area (Å²) in [6.45, 7) is 7.65. The number of nitrogens with two attached hydrogens (primary N) is 1. The van der Waals surface area contributed by atoms with E-state index in [0.717, 1.165) is 24.4 Å². The van der Waals surface area contributed by atoms with Gasteiger partial charge in [-0.05, 0) is 17.4 Å². The second-order valence-corrected chi connectivity index (χ2v) is 7.45. The molecule has 3 heterocycles. The van der Waals surface area contributed by atoms with Gasteiger partial charge in [0.1, 0.15) is 0 Å². The van der Waals surface area contributed by atoms with Crippen LogP contribution >= 0.6 is 23.7 Å². The van der Waals surface area contributed by atoms with Gasteiger partial charge >= 0.3 is 0 Å². The highest BCUT2D eigenvalue weighted by Gasteiger charge is 2.28. The van der Waals surface area contributed by atoms with Gasteiger partial charge in [-0.2, -0.15) is 4.98 Å². The molecule has 3 rings (SSSR count). The molecule has 0 aliphatic carbocycles. The van der Waals surface area contributed by atoms with Gasteiger partial charge in [0.05, 0.1) is 17.5 Å². The van der Waals surface area contributed by atoms with Gasteiger partial charge in [-0.15, -0.1) is 23.7 Å².